The Balaban J connectivity index is 2.04. The normalized spacial score (nSPS) is 11.4. The number of hydrogen-bond donors (Lipinski definition) is 1. The topological polar surface area (TPSA) is 75.7 Å². The molecule has 0 bridgehead atoms. The number of benzene rings is 3. The summed E-state index contributed by atoms with van der Waals surface area (Å²) in [6.45, 7) is 7.72. The molecule has 1 amide bonds. The summed E-state index contributed by atoms with van der Waals surface area (Å²) in [5.41, 5.74) is 2.87. The minimum atomic E-state index is -4.10. The van der Waals surface area contributed by atoms with Crippen LogP contribution in [0.2, 0.25) is 5.02 Å². The SMILES string of the molecule is CCOc1ccccc1N(CC(=O)Nc1c(C)cccc1C(C)C)S(=O)(=O)c1ccc(Cl)cc1. The Morgan fingerprint density at radius 1 is 1.03 bits per heavy atom. The van der Waals surface area contributed by atoms with E-state index in [1.807, 2.05) is 45.9 Å². The number of aryl methyl sites for hydroxylation is 1. The maximum atomic E-state index is 13.7. The van der Waals surface area contributed by atoms with Crippen molar-refractivity contribution in [2.75, 3.05) is 22.8 Å². The predicted octanol–water partition coefficient (Wildman–Crippen LogP) is 6.00. The van der Waals surface area contributed by atoms with Gasteiger partial charge in [0.15, 0.2) is 0 Å². The summed E-state index contributed by atoms with van der Waals surface area (Å²) in [7, 11) is -4.10. The first kappa shape index (κ1) is 25.6. The molecule has 0 unspecified atom stereocenters. The van der Waals surface area contributed by atoms with Crippen molar-refractivity contribution in [3.63, 3.8) is 0 Å². The molecule has 6 nitrogen and oxygen atoms in total. The summed E-state index contributed by atoms with van der Waals surface area (Å²) in [6.07, 6.45) is 0. The molecule has 0 saturated heterocycles. The molecule has 0 fully saturated rings. The molecule has 0 saturated carbocycles. The van der Waals surface area contributed by atoms with Gasteiger partial charge in [-0.25, -0.2) is 8.42 Å². The van der Waals surface area contributed by atoms with Crippen LogP contribution in [0.1, 0.15) is 37.8 Å². The van der Waals surface area contributed by atoms with Crippen molar-refractivity contribution in [2.45, 2.75) is 38.5 Å². The maximum absolute atomic E-state index is 13.7. The highest BCUT2D eigenvalue weighted by Crippen LogP contribution is 2.33. The van der Waals surface area contributed by atoms with E-state index in [0.717, 1.165) is 15.4 Å². The quantitative estimate of drug-likeness (QED) is 0.390. The number of halogens is 1. The van der Waals surface area contributed by atoms with Crippen molar-refractivity contribution in [1.29, 1.82) is 0 Å². The van der Waals surface area contributed by atoms with E-state index >= 15 is 0 Å². The minimum Gasteiger partial charge on any atom is -0.492 e. The molecule has 1 N–H and O–H groups in total. The summed E-state index contributed by atoms with van der Waals surface area (Å²) >= 11 is 5.96. The molecule has 0 aliphatic carbocycles. The predicted molar refractivity (Wildman–Crippen MR) is 137 cm³/mol. The van der Waals surface area contributed by atoms with Crippen LogP contribution in [0.25, 0.3) is 0 Å². The third-order valence-electron chi connectivity index (χ3n) is 5.31. The first-order valence-corrected chi connectivity index (χ1v) is 12.9. The average Bonchev–Trinajstić information content (AvgIpc) is 2.79. The van der Waals surface area contributed by atoms with Crippen molar-refractivity contribution in [3.8, 4) is 5.75 Å². The molecule has 180 valence electrons. The van der Waals surface area contributed by atoms with Crippen LogP contribution in [-0.2, 0) is 14.8 Å². The van der Waals surface area contributed by atoms with Crippen molar-refractivity contribution in [3.05, 3.63) is 82.9 Å². The highest BCUT2D eigenvalue weighted by Gasteiger charge is 2.30. The zero-order valence-corrected chi connectivity index (χ0v) is 21.3. The highest BCUT2D eigenvalue weighted by molar-refractivity contribution is 7.92. The van der Waals surface area contributed by atoms with Gasteiger partial charge in [-0.2, -0.15) is 0 Å². The highest BCUT2D eigenvalue weighted by atomic mass is 35.5. The van der Waals surface area contributed by atoms with Crippen LogP contribution >= 0.6 is 11.6 Å². The van der Waals surface area contributed by atoms with Gasteiger partial charge in [0, 0.05) is 10.7 Å². The molecule has 0 aliphatic heterocycles. The van der Waals surface area contributed by atoms with Gasteiger partial charge in [-0.15, -0.1) is 0 Å². The Bertz CT molecular complexity index is 1260. The lowest BCUT2D eigenvalue weighted by atomic mass is 9.98. The van der Waals surface area contributed by atoms with Gasteiger partial charge in [0.05, 0.1) is 17.2 Å². The van der Waals surface area contributed by atoms with Crippen molar-refractivity contribution in [1.82, 2.24) is 0 Å². The molecule has 0 atom stereocenters. The Morgan fingerprint density at radius 3 is 2.35 bits per heavy atom. The van der Waals surface area contributed by atoms with E-state index in [2.05, 4.69) is 5.32 Å². The molecule has 3 rings (SSSR count). The minimum absolute atomic E-state index is 0.0229. The standard InChI is InChI=1S/C26H29ClN2O4S/c1-5-33-24-12-7-6-11-23(24)29(34(31,32)21-15-13-20(27)14-16-21)17-25(30)28-26-19(4)9-8-10-22(26)18(2)3/h6-16,18H,5,17H2,1-4H3,(H,28,30). The fourth-order valence-corrected chi connectivity index (χ4v) is 5.18. The van der Waals surface area contributed by atoms with Crippen molar-refractivity contribution < 1.29 is 17.9 Å². The molecule has 3 aromatic carbocycles. The number of nitrogens with zero attached hydrogens (tertiary/aromatic N) is 1. The second-order valence-electron chi connectivity index (χ2n) is 8.11. The number of carbonyl (C=O) groups excluding carboxylic acids is 1. The monoisotopic (exact) mass is 500 g/mol. The Morgan fingerprint density at radius 2 is 1.71 bits per heavy atom. The summed E-state index contributed by atoms with van der Waals surface area (Å²) in [5.74, 6) is 0.0944. The zero-order valence-electron chi connectivity index (χ0n) is 19.7. The number of anilines is 2. The first-order chi connectivity index (χ1) is 16.1. The van der Waals surface area contributed by atoms with E-state index in [4.69, 9.17) is 16.3 Å². The smallest absolute Gasteiger partial charge is 0.264 e. The molecular formula is C26H29ClN2O4S. The molecule has 34 heavy (non-hydrogen) atoms. The van der Waals surface area contributed by atoms with E-state index in [1.165, 1.54) is 24.3 Å². The molecule has 0 heterocycles. The van der Waals surface area contributed by atoms with Gasteiger partial charge in [0.2, 0.25) is 5.91 Å². The maximum Gasteiger partial charge on any atom is 0.264 e. The van der Waals surface area contributed by atoms with Crippen LogP contribution in [-0.4, -0.2) is 27.5 Å². The molecule has 3 aromatic rings. The summed E-state index contributed by atoms with van der Waals surface area (Å²) in [6, 6.07) is 18.4. The van der Waals surface area contributed by atoms with Crippen LogP contribution in [0.3, 0.4) is 0 Å². The number of hydrogen-bond acceptors (Lipinski definition) is 4. The van der Waals surface area contributed by atoms with E-state index in [0.29, 0.717) is 23.1 Å². The molecule has 0 radical (unpaired) electrons. The van der Waals surface area contributed by atoms with Crippen LogP contribution in [0.5, 0.6) is 5.75 Å². The third-order valence-corrected chi connectivity index (χ3v) is 7.34. The van der Waals surface area contributed by atoms with Gasteiger partial charge in [0.1, 0.15) is 12.3 Å². The van der Waals surface area contributed by atoms with Gasteiger partial charge >= 0.3 is 0 Å². The van der Waals surface area contributed by atoms with Gasteiger partial charge in [-0.05, 0) is 67.3 Å². The van der Waals surface area contributed by atoms with E-state index in [-0.39, 0.29) is 16.5 Å². The van der Waals surface area contributed by atoms with Gasteiger partial charge in [-0.3, -0.25) is 9.10 Å². The van der Waals surface area contributed by atoms with Crippen molar-refractivity contribution >= 4 is 38.9 Å². The van der Waals surface area contributed by atoms with E-state index < -0.39 is 22.5 Å². The number of ether oxygens (including phenoxy) is 1. The fraction of sp³-hybridized carbons (Fsp3) is 0.269. The first-order valence-electron chi connectivity index (χ1n) is 11.0. The molecule has 0 aliphatic rings. The average molecular weight is 501 g/mol. The molecule has 8 heteroatoms. The molecule has 0 spiro atoms. The lowest BCUT2D eigenvalue weighted by molar-refractivity contribution is -0.114. The van der Waals surface area contributed by atoms with Crippen LogP contribution in [0.15, 0.2) is 71.6 Å². The van der Waals surface area contributed by atoms with E-state index in [1.54, 1.807) is 24.3 Å². The van der Waals surface area contributed by atoms with Crippen LogP contribution < -0.4 is 14.4 Å². The lowest BCUT2D eigenvalue weighted by Crippen LogP contribution is -2.38. The van der Waals surface area contributed by atoms with E-state index in [9.17, 15) is 13.2 Å². The number of nitrogens with one attached hydrogen (secondary N) is 1. The van der Waals surface area contributed by atoms with Gasteiger partial charge in [-0.1, -0.05) is 55.8 Å². The fourth-order valence-electron chi connectivity index (χ4n) is 3.63. The number of para-hydroxylation sites is 3. The summed E-state index contributed by atoms with van der Waals surface area (Å²) < 4.78 is 34.1. The number of sulfonamides is 1. The summed E-state index contributed by atoms with van der Waals surface area (Å²) in [4.78, 5) is 13.3. The molecule has 0 aromatic heterocycles. The second kappa shape index (κ2) is 10.9. The largest absolute Gasteiger partial charge is 0.492 e. The Hall–Kier alpha value is -3.03. The zero-order chi connectivity index (χ0) is 24.9. The van der Waals surface area contributed by atoms with Crippen LogP contribution in [0, 0.1) is 6.92 Å². The van der Waals surface area contributed by atoms with Gasteiger partial charge in [0.25, 0.3) is 10.0 Å². The van der Waals surface area contributed by atoms with Gasteiger partial charge < -0.3 is 10.1 Å². The summed E-state index contributed by atoms with van der Waals surface area (Å²) in [5, 5.41) is 3.35. The Labute approximate surface area is 206 Å². The lowest BCUT2D eigenvalue weighted by Gasteiger charge is -2.26. The molecular weight excluding hydrogens is 472 g/mol. The number of rotatable bonds is 9. The Kier molecular flexibility index (Phi) is 8.23. The van der Waals surface area contributed by atoms with Crippen molar-refractivity contribution in [2.24, 2.45) is 0 Å². The second-order valence-corrected chi connectivity index (χ2v) is 10.4. The number of carbonyl (C=O) groups is 1. The third kappa shape index (κ3) is 5.72. The number of amides is 1. The van der Waals surface area contributed by atoms with Crippen LogP contribution in [0.4, 0.5) is 11.4 Å².